The molecule has 2 aromatic heterocycles. The average molecular weight is 288 g/mol. The Bertz CT molecular complexity index is 624. The lowest BCUT2D eigenvalue weighted by atomic mass is 10.2. The first-order chi connectivity index (χ1) is 9.41. The first kappa shape index (κ1) is 14.3. The second kappa shape index (κ2) is 5.45. The van der Waals surface area contributed by atoms with Crippen LogP contribution in [0.5, 0.6) is 0 Å². The van der Waals surface area contributed by atoms with E-state index in [2.05, 4.69) is 20.3 Å². The third-order valence-corrected chi connectivity index (χ3v) is 2.53. The van der Waals surface area contributed by atoms with E-state index in [1.54, 1.807) is 0 Å². The smallest absolute Gasteiger partial charge is 0.375 e. The fraction of sp³-hybridized carbons (Fsp3) is 0.364. The van der Waals surface area contributed by atoms with Crippen LogP contribution in [0, 0.1) is 0 Å². The molecule has 0 saturated heterocycles. The van der Waals surface area contributed by atoms with Gasteiger partial charge in [0.2, 0.25) is 5.91 Å². The number of aromatic nitrogens is 3. The van der Waals surface area contributed by atoms with E-state index in [0.29, 0.717) is 5.82 Å². The molecule has 0 fully saturated rings. The van der Waals surface area contributed by atoms with E-state index >= 15 is 0 Å². The first-order valence-corrected chi connectivity index (χ1v) is 5.58. The van der Waals surface area contributed by atoms with Crippen LogP contribution in [0.1, 0.15) is 11.4 Å². The van der Waals surface area contributed by atoms with Crippen molar-refractivity contribution in [2.24, 2.45) is 0 Å². The van der Waals surface area contributed by atoms with Crippen molar-refractivity contribution >= 4 is 11.6 Å². The SMILES string of the molecule is COCC(=O)NCc1nnc2cc(C(F)(F)F)ccn12. The second-order valence-corrected chi connectivity index (χ2v) is 3.97. The van der Waals surface area contributed by atoms with Crippen molar-refractivity contribution in [3.8, 4) is 0 Å². The number of nitrogens with one attached hydrogen (secondary N) is 1. The van der Waals surface area contributed by atoms with Crippen LogP contribution < -0.4 is 5.32 Å². The number of rotatable bonds is 4. The van der Waals surface area contributed by atoms with Crippen LogP contribution >= 0.6 is 0 Å². The number of hydrogen-bond acceptors (Lipinski definition) is 4. The zero-order valence-corrected chi connectivity index (χ0v) is 10.4. The number of methoxy groups -OCH3 is 1. The van der Waals surface area contributed by atoms with Crippen LogP contribution in [0.2, 0.25) is 0 Å². The molecule has 20 heavy (non-hydrogen) atoms. The maximum Gasteiger partial charge on any atom is 0.416 e. The van der Waals surface area contributed by atoms with Crippen molar-refractivity contribution in [2.45, 2.75) is 12.7 Å². The fourth-order valence-electron chi connectivity index (χ4n) is 1.60. The minimum absolute atomic E-state index is 0.0503. The molecule has 0 unspecified atom stereocenters. The number of hydrogen-bond donors (Lipinski definition) is 1. The highest BCUT2D eigenvalue weighted by atomic mass is 19.4. The number of amides is 1. The zero-order chi connectivity index (χ0) is 14.8. The van der Waals surface area contributed by atoms with E-state index in [0.717, 1.165) is 12.1 Å². The van der Waals surface area contributed by atoms with E-state index in [1.807, 2.05) is 0 Å². The number of carbonyl (C=O) groups is 1. The standard InChI is InChI=1S/C11H11F3N4O2/c1-20-6-10(19)15-5-9-17-16-8-4-7(11(12,13)14)2-3-18(8)9/h2-4H,5-6H2,1H3,(H,15,19). The van der Waals surface area contributed by atoms with Crippen molar-refractivity contribution in [1.82, 2.24) is 19.9 Å². The summed E-state index contributed by atoms with van der Waals surface area (Å²) in [5.74, 6) is -0.0191. The summed E-state index contributed by atoms with van der Waals surface area (Å²) in [5, 5.41) is 9.90. The highest BCUT2D eigenvalue weighted by Crippen LogP contribution is 2.29. The molecule has 0 aliphatic rings. The van der Waals surface area contributed by atoms with Gasteiger partial charge >= 0.3 is 6.18 Å². The molecule has 108 valence electrons. The number of carbonyl (C=O) groups excluding carboxylic acids is 1. The molecule has 6 nitrogen and oxygen atoms in total. The van der Waals surface area contributed by atoms with E-state index < -0.39 is 11.7 Å². The minimum Gasteiger partial charge on any atom is -0.375 e. The highest BCUT2D eigenvalue weighted by Gasteiger charge is 2.31. The van der Waals surface area contributed by atoms with E-state index in [1.165, 1.54) is 17.7 Å². The lowest BCUT2D eigenvalue weighted by Crippen LogP contribution is -2.27. The van der Waals surface area contributed by atoms with Crippen molar-refractivity contribution < 1.29 is 22.7 Å². The van der Waals surface area contributed by atoms with Crippen molar-refractivity contribution in [1.29, 1.82) is 0 Å². The largest absolute Gasteiger partial charge is 0.416 e. The summed E-state index contributed by atoms with van der Waals surface area (Å²) >= 11 is 0. The number of halogens is 3. The Morgan fingerprint density at radius 3 is 2.85 bits per heavy atom. The van der Waals surface area contributed by atoms with Gasteiger partial charge in [0.25, 0.3) is 0 Å². The predicted octanol–water partition coefficient (Wildman–Crippen LogP) is 1.01. The van der Waals surface area contributed by atoms with Crippen LogP contribution in [0.4, 0.5) is 13.2 Å². The first-order valence-electron chi connectivity index (χ1n) is 5.58. The van der Waals surface area contributed by atoms with Gasteiger partial charge in [0.15, 0.2) is 11.5 Å². The summed E-state index contributed by atoms with van der Waals surface area (Å²) in [6, 6.07) is 1.82. The molecule has 1 amide bonds. The van der Waals surface area contributed by atoms with Crippen molar-refractivity contribution in [3.05, 3.63) is 29.7 Å². The number of pyridine rings is 1. The number of alkyl halides is 3. The van der Waals surface area contributed by atoms with Gasteiger partial charge in [-0.15, -0.1) is 10.2 Å². The lowest BCUT2D eigenvalue weighted by molar-refractivity contribution is -0.137. The normalized spacial score (nSPS) is 11.8. The van der Waals surface area contributed by atoms with E-state index in [9.17, 15) is 18.0 Å². The van der Waals surface area contributed by atoms with Crippen molar-refractivity contribution in [2.75, 3.05) is 13.7 Å². The number of nitrogens with zero attached hydrogens (tertiary/aromatic N) is 3. The van der Waals surface area contributed by atoms with Gasteiger partial charge in [-0.2, -0.15) is 13.2 Å². The van der Waals surface area contributed by atoms with Gasteiger partial charge in [-0.3, -0.25) is 9.20 Å². The maximum atomic E-state index is 12.5. The Kier molecular flexibility index (Phi) is 3.89. The van der Waals surface area contributed by atoms with Gasteiger partial charge in [-0.05, 0) is 12.1 Å². The third-order valence-electron chi connectivity index (χ3n) is 2.53. The summed E-state index contributed by atoms with van der Waals surface area (Å²) in [4.78, 5) is 11.2. The molecule has 2 aromatic rings. The molecule has 0 aromatic carbocycles. The third kappa shape index (κ3) is 3.05. The van der Waals surface area contributed by atoms with Crippen molar-refractivity contribution in [3.63, 3.8) is 0 Å². The van der Waals surface area contributed by atoms with Gasteiger partial charge in [-0.25, -0.2) is 0 Å². The molecular formula is C11H11F3N4O2. The molecule has 0 aliphatic heterocycles. The van der Waals surface area contributed by atoms with Gasteiger partial charge in [0.1, 0.15) is 6.61 Å². The summed E-state index contributed by atoms with van der Waals surface area (Å²) < 4.78 is 43.6. The number of fused-ring (bicyclic) bond motifs is 1. The summed E-state index contributed by atoms with van der Waals surface area (Å²) in [6.07, 6.45) is -3.21. The van der Waals surface area contributed by atoms with Crippen LogP contribution in [0.3, 0.4) is 0 Å². The van der Waals surface area contributed by atoms with Gasteiger partial charge in [-0.1, -0.05) is 0 Å². The second-order valence-electron chi connectivity index (χ2n) is 3.97. The molecule has 2 rings (SSSR count). The molecule has 0 aliphatic carbocycles. The van der Waals surface area contributed by atoms with Gasteiger partial charge < -0.3 is 10.1 Å². The quantitative estimate of drug-likeness (QED) is 0.911. The fourth-order valence-corrected chi connectivity index (χ4v) is 1.60. The number of ether oxygens (including phenoxy) is 1. The highest BCUT2D eigenvalue weighted by molar-refractivity contribution is 5.77. The topological polar surface area (TPSA) is 68.5 Å². The Balaban J connectivity index is 2.19. The Labute approximate surface area is 111 Å². The summed E-state index contributed by atoms with van der Waals surface area (Å²) in [7, 11) is 1.38. The van der Waals surface area contributed by atoms with Crippen LogP contribution in [0.25, 0.3) is 5.65 Å². The van der Waals surface area contributed by atoms with Gasteiger partial charge in [0, 0.05) is 13.3 Å². The Morgan fingerprint density at radius 2 is 2.20 bits per heavy atom. The summed E-state index contributed by atoms with van der Waals surface area (Å²) in [5.41, 5.74) is -0.733. The monoisotopic (exact) mass is 288 g/mol. The molecule has 0 atom stereocenters. The average Bonchev–Trinajstić information content (AvgIpc) is 2.78. The molecule has 0 spiro atoms. The zero-order valence-electron chi connectivity index (χ0n) is 10.4. The Morgan fingerprint density at radius 1 is 1.45 bits per heavy atom. The van der Waals surface area contributed by atoms with Crippen LogP contribution in [-0.4, -0.2) is 34.2 Å². The molecule has 0 saturated carbocycles. The molecule has 2 heterocycles. The van der Waals surface area contributed by atoms with Gasteiger partial charge in [0.05, 0.1) is 12.1 Å². The molecular weight excluding hydrogens is 277 g/mol. The molecule has 0 radical (unpaired) electrons. The summed E-state index contributed by atoms with van der Waals surface area (Å²) in [6.45, 7) is -0.0519. The van der Waals surface area contributed by atoms with E-state index in [-0.39, 0.29) is 24.7 Å². The lowest BCUT2D eigenvalue weighted by Gasteiger charge is -2.07. The predicted molar refractivity (Wildman–Crippen MR) is 61.7 cm³/mol. The van der Waals surface area contributed by atoms with Crippen LogP contribution in [-0.2, 0) is 22.3 Å². The Hall–Kier alpha value is -2.16. The van der Waals surface area contributed by atoms with E-state index in [4.69, 9.17) is 0 Å². The molecule has 0 bridgehead atoms. The maximum absolute atomic E-state index is 12.5. The van der Waals surface area contributed by atoms with Crippen LogP contribution in [0.15, 0.2) is 18.3 Å². The molecule has 9 heteroatoms. The molecule has 1 N–H and O–H groups in total. The minimum atomic E-state index is -4.43.